The number of nitrogens with one attached hydrogen (secondary N) is 1. The molecule has 2 rings (SSSR count). The molecule has 2 saturated heterocycles. The Balaban J connectivity index is 2.08. The average molecular weight is 157 g/mol. The smallest absolute Gasteiger partial charge is 0.151 e. The van der Waals surface area contributed by atoms with Crippen molar-refractivity contribution in [3.8, 4) is 0 Å². The minimum absolute atomic E-state index is 0.362. The Morgan fingerprint density at radius 3 is 3.30 bits per heavy atom. The number of ketones is 1. The zero-order chi connectivity index (χ0) is 6.97. The Bertz CT molecular complexity index is 160. The summed E-state index contributed by atoms with van der Waals surface area (Å²) in [4.78, 5) is 11.1. The van der Waals surface area contributed by atoms with E-state index < -0.39 is 0 Å². The molecule has 2 nitrogen and oxygen atoms in total. The van der Waals surface area contributed by atoms with Crippen molar-refractivity contribution in [3.63, 3.8) is 0 Å². The lowest BCUT2D eigenvalue weighted by atomic mass is 9.98. The second kappa shape index (κ2) is 2.55. The zero-order valence-corrected chi connectivity index (χ0v) is 6.62. The van der Waals surface area contributed by atoms with Crippen LogP contribution in [-0.4, -0.2) is 29.9 Å². The molecule has 0 saturated carbocycles. The normalized spacial score (nSPS) is 39.8. The van der Waals surface area contributed by atoms with Gasteiger partial charge in [-0.15, -0.1) is 0 Å². The first-order chi connectivity index (χ1) is 4.88. The van der Waals surface area contributed by atoms with Crippen LogP contribution >= 0.6 is 11.8 Å². The van der Waals surface area contributed by atoms with E-state index in [1.54, 1.807) is 0 Å². The third kappa shape index (κ3) is 0.974. The highest BCUT2D eigenvalue weighted by Gasteiger charge is 2.35. The molecule has 0 aromatic carbocycles. The van der Waals surface area contributed by atoms with Gasteiger partial charge in [0.15, 0.2) is 5.78 Å². The minimum Gasteiger partial charge on any atom is -0.306 e. The summed E-state index contributed by atoms with van der Waals surface area (Å²) < 4.78 is 0. The van der Waals surface area contributed by atoms with Crippen LogP contribution in [0.5, 0.6) is 0 Å². The van der Waals surface area contributed by atoms with Crippen molar-refractivity contribution in [2.75, 3.05) is 18.1 Å². The SMILES string of the molecule is O=C1CNC2CSCCC12. The summed E-state index contributed by atoms with van der Waals surface area (Å²) in [5.74, 6) is 3.11. The lowest BCUT2D eigenvalue weighted by Crippen LogP contribution is -2.33. The molecule has 2 fully saturated rings. The summed E-state index contributed by atoms with van der Waals surface area (Å²) >= 11 is 1.96. The van der Waals surface area contributed by atoms with Gasteiger partial charge < -0.3 is 5.32 Å². The van der Waals surface area contributed by atoms with Gasteiger partial charge in [-0.1, -0.05) is 0 Å². The Kier molecular flexibility index (Phi) is 1.70. The molecule has 2 unspecified atom stereocenters. The van der Waals surface area contributed by atoms with E-state index in [0.29, 0.717) is 24.3 Å². The number of rotatable bonds is 0. The molecule has 2 aliphatic heterocycles. The van der Waals surface area contributed by atoms with E-state index in [0.717, 1.165) is 12.2 Å². The van der Waals surface area contributed by atoms with Crippen molar-refractivity contribution < 1.29 is 4.79 Å². The summed E-state index contributed by atoms with van der Waals surface area (Å²) in [5, 5.41) is 3.24. The molecule has 0 aliphatic carbocycles. The fraction of sp³-hybridized carbons (Fsp3) is 0.857. The molecular formula is C7H11NOS. The maximum Gasteiger partial charge on any atom is 0.151 e. The molecule has 0 radical (unpaired) electrons. The van der Waals surface area contributed by atoms with Crippen molar-refractivity contribution in [2.45, 2.75) is 12.5 Å². The van der Waals surface area contributed by atoms with Gasteiger partial charge in [-0.05, 0) is 12.2 Å². The van der Waals surface area contributed by atoms with Gasteiger partial charge >= 0.3 is 0 Å². The van der Waals surface area contributed by atoms with Gasteiger partial charge in [-0.25, -0.2) is 0 Å². The van der Waals surface area contributed by atoms with E-state index >= 15 is 0 Å². The van der Waals surface area contributed by atoms with Gasteiger partial charge in [0, 0.05) is 17.7 Å². The fourth-order valence-corrected chi connectivity index (χ4v) is 2.88. The van der Waals surface area contributed by atoms with Gasteiger partial charge in [-0.3, -0.25) is 4.79 Å². The first-order valence-corrected chi connectivity index (χ1v) is 4.87. The second-order valence-electron chi connectivity index (χ2n) is 2.92. The molecule has 1 N–H and O–H groups in total. The number of fused-ring (bicyclic) bond motifs is 1. The van der Waals surface area contributed by atoms with E-state index in [1.807, 2.05) is 11.8 Å². The van der Waals surface area contributed by atoms with Gasteiger partial charge in [0.2, 0.25) is 0 Å². The van der Waals surface area contributed by atoms with Gasteiger partial charge in [0.25, 0.3) is 0 Å². The average Bonchev–Trinajstić information content (AvgIpc) is 2.34. The summed E-state index contributed by atoms with van der Waals surface area (Å²) in [6, 6.07) is 0.506. The zero-order valence-electron chi connectivity index (χ0n) is 5.80. The van der Waals surface area contributed by atoms with Crippen LogP contribution < -0.4 is 5.32 Å². The summed E-state index contributed by atoms with van der Waals surface area (Å²) in [7, 11) is 0. The van der Waals surface area contributed by atoms with Crippen LogP contribution in [0.25, 0.3) is 0 Å². The largest absolute Gasteiger partial charge is 0.306 e. The predicted octanol–water partition coefficient (Wildman–Crippen LogP) is 0.280. The molecule has 0 spiro atoms. The molecule has 0 aromatic heterocycles. The monoisotopic (exact) mass is 157 g/mol. The highest BCUT2D eigenvalue weighted by atomic mass is 32.2. The van der Waals surface area contributed by atoms with Crippen molar-refractivity contribution in [1.29, 1.82) is 0 Å². The molecule has 2 heterocycles. The number of hydrogen-bond acceptors (Lipinski definition) is 3. The van der Waals surface area contributed by atoms with Gasteiger partial charge in [0.1, 0.15) is 0 Å². The van der Waals surface area contributed by atoms with Crippen LogP contribution in [0, 0.1) is 5.92 Å². The van der Waals surface area contributed by atoms with Crippen molar-refractivity contribution >= 4 is 17.5 Å². The quantitative estimate of drug-likeness (QED) is 0.547. The third-order valence-corrected chi connectivity index (χ3v) is 3.43. The van der Waals surface area contributed by atoms with Crippen LogP contribution in [0.15, 0.2) is 0 Å². The molecule has 0 aromatic rings. The Labute approximate surface area is 64.8 Å². The first-order valence-electron chi connectivity index (χ1n) is 3.72. The van der Waals surface area contributed by atoms with Gasteiger partial charge in [-0.2, -0.15) is 11.8 Å². The van der Waals surface area contributed by atoms with Crippen LogP contribution in [0.3, 0.4) is 0 Å². The van der Waals surface area contributed by atoms with E-state index in [4.69, 9.17) is 0 Å². The lowest BCUT2D eigenvalue weighted by molar-refractivity contribution is -0.119. The Hall–Kier alpha value is -0.0200. The van der Waals surface area contributed by atoms with Crippen molar-refractivity contribution in [2.24, 2.45) is 5.92 Å². The first kappa shape index (κ1) is 6.68. The molecule has 0 amide bonds. The Morgan fingerprint density at radius 2 is 2.50 bits per heavy atom. The minimum atomic E-state index is 0.362. The number of thioether (sulfide) groups is 1. The number of carbonyl (C=O) groups is 1. The van der Waals surface area contributed by atoms with E-state index in [-0.39, 0.29) is 0 Å². The number of Topliss-reactive ketones (excluding diaryl/α,β-unsaturated/α-hetero) is 1. The van der Waals surface area contributed by atoms with Crippen molar-refractivity contribution in [1.82, 2.24) is 5.32 Å². The predicted molar refractivity (Wildman–Crippen MR) is 42.2 cm³/mol. The highest BCUT2D eigenvalue weighted by Crippen LogP contribution is 2.26. The molecule has 56 valence electrons. The number of carbonyl (C=O) groups excluding carboxylic acids is 1. The maximum atomic E-state index is 11.1. The van der Waals surface area contributed by atoms with Gasteiger partial charge in [0.05, 0.1) is 6.54 Å². The fourth-order valence-electron chi connectivity index (χ4n) is 1.69. The molecule has 3 heteroatoms. The van der Waals surface area contributed by atoms with Crippen LogP contribution in [-0.2, 0) is 4.79 Å². The van der Waals surface area contributed by atoms with Crippen molar-refractivity contribution in [3.05, 3.63) is 0 Å². The molecule has 2 atom stereocenters. The molecule has 10 heavy (non-hydrogen) atoms. The van der Waals surface area contributed by atoms with Crippen LogP contribution in [0.2, 0.25) is 0 Å². The summed E-state index contributed by atoms with van der Waals surface area (Å²) in [6.07, 6.45) is 1.10. The molecule has 2 aliphatic rings. The Morgan fingerprint density at radius 1 is 1.60 bits per heavy atom. The second-order valence-corrected chi connectivity index (χ2v) is 4.07. The van der Waals surface area contributed by atoms with E-state index in [2.05, 4.69) is 5.32 Å². The molecule has 0 bridgehead atoms. The van der Waals surface area contributed by atoms with E-state index in [1.165, 1.54) is 5.75 Å². The standard InChI is InChI=1S/C7H11NOS/c9-7-3-8-6-4-10-2-1-5(6)7/h5-6,8H,1-4H2. The number of hydrogen-bond donors (Lipinski definition) is 1. The highest BCUT2D eigenvalue weighted by molar-refractivity contribution is 7.99. The van der Waals surface area contributed by atoms with E-state index in [9.17, 15) is 4.79 Å². The van der Waals surface area contributed by atoms with Crippen LogP contribution in [0.4, 0.5) is 0 Å². The lowest BCUT2D eigenvalue weighted by Gasteiger charge is -2.22. The molecular weight excluding hydrogens is 146 g/mol. The summed E-state index contributed by atoms with van der Waals surface area (Å²) in [5.41, 5.74) is 0. The summed E-state index contributed by atoms with van der Waals surface area (Å²) in [6.45, 7) is 0.621. The maximum absolute atomic E-state index is 11.1. The topological polar surface area (TPSA) is 29.1 Å². The van der Waals surface area contributed by atoms with Crippen LogP contribution in [0.1, 0.15) is 6.42 Å². The third-order valence-electron chi connectivity index (χ3n) is 2.31.